The van der Waals surface area contributed by atoms with Gasteiger partial charge in [0.2, 0.25) is 6.10 Å². The molecular formula is C51H63FN2O19. The molecule has 1 amide bonds. The third-order valence-corrected chi connectivity index (χ3v) is 14.2. The van der Waals surface area contributed by atoms with Crippen LogP contribution < -0.4 is 11.1 Å². The Balaban J connectivity index is 1.48. The van der Waals surface area contributed by atoms with Gasteiger partial charge in [0.25, 0.3) is 0 Å². The molecule has 73 heavy (non-hydrogen) atoms. The van der Waals surface area contributed by atoms with E-state index in [1.54, 1.807) is 18.2 Å². The molecule has 1 saturated heterocycles. The molecular weight excluding hydrogens is 964 g/mol. The van der Waals surface area contributed by atoms with Crippen molar-refractivity contribution in [3.05, 3.63) is 82.7 Å². The Labute approximate surface area is 420 Å². The van der Waals surface area contributed by atoms with Crippen LogP contribution in [0.25, 0.3) is 0 Å². The number of nitrogens with two attached hydrogens (primary N) is 1. The Morgan fingerprint density at radius 2 is 1.62 bits per heavy atom. The SMILES string of the molecule is CCOC(=O)[C@@H](N)CC(=O)OCC(=O)O[C@@H](C(=O)O[C@H]1C[C@@]2(O)[C@@H](OC(=O)c3ccccc3)[C@@H]3[C@]4(OC(C)=O)CO[C@@H]4C[C@H](O)[C@@]3(C)C(=O)[C@H](O)C(=C1C)C2(C)C)[C@@H](NC(=O)OC(C)(C)C)c1cccc(F)c1. The van der Waals surface area contributed by atoms with Gasteiger partial charge in [0, 0.05) is 25.2 Å². The maximum atomic E-state index is 15.2. The van der Waals surface area contributed by atoms with Crippen molar-refractivity contribution in [3.8, 4) is 0 Å². The summed E-state index contributed by atoms with van der Waals surface area (Å²) in [7, 11) is 0. The minimum Gasteiger partial charge on any atom is -0.465 e. The first-order chi connectivity index (χ1) is 34.0. The zero-order valence-corrected chi connectivity index (χ0v) is 42.0. The average molecular weight is 1030 g/mol. The van der Waals surface area contributed by atoms with Gasteiger partial charge in [-0.2, -0.15) is 0 Å². The number of fused-ring (bicyclic) bond motifs is 5. The first-order valence-electron chi connectivity index (χ1n) is 23.7. The second-order valence-corrected chi connectivity index (χ2v) is 20.4. The van der Waals surface area contributed by atoms with Crippen molar-refractivity contribution in [1.29, 1.82) is 0 Å². The molecule has 2 aromatic carbocycles. The zero-order chi connectivity index (χ0) is 54.2. The van der Waals surface area contributed by atoms with Crippen molar-refractivity contribution in [1.82, 2.24) is 5.32 Å². The average Bonchev–Trinajstić information content (AvgIpc) is 3.30. The van der Waals surface area contributed by atoms with Gasteiger partial charge in [-0.15, -0.1) is 0 Å². The summed E-state index contributed by atoms with van der Waals surface area (Å²) in [5.74, 6) is -10.5. The molecule has 0 aromatic heterocycles. The highest BCUT2D eigenvalue weighted by atomic mass is 19.1. The number of hydrogen-bond acceptors (Lipinski definition) is 20. The minimum absolute atomic E-state index is 0.0119. The Morgan fingerprint density at radius 3 is 2.21 bits per heavy atom. The van der Waals surface area contributed by atoms with Gasteiger partial charge in [0.15, 0.2) is 18.0 Å². The maximum Gasteiger partial charge on any atom is 0.408 e. The number of amides is 1. The first-order valence-corrected chi connectivity index (χ1v) is 23.7. The van der Waals surface area contributed by atoms with Gasteiger partial charge < -0.3 is 64.3 Å². The number of ether oxygens (including phenoxy) is 8. The lowest BCUT2D eigenvalue weighted by Gasteiger charge is -2.67. The number of hydrogen-bond donors (Lipinski definition) is 5. The molecule has 12 atom stereocenters. The summed E-state index contributed by atoms with van der Waals surface area (Å²) in [6, 6.07) is 8.68. The van der Waals surface area contributed by atoms with E-state index in [4.69, 9.17) is 43.6 Å². The van der Waals surface area contributed by atoms with Gasteiger partial charge in [0.1, 0.15) is 53.5 Å². The summed E-state index contributed by atoms with van der Waals surface area (Å²) in [5, 5.41) is 40.5. The highest BCUT2D eigenvalue weighted by Gasteiger charge is 2.78. The van der Waals surface area contributed by atoms with Gasteiger partial charge in [-0.3, -0.25) is 19.2 Å². The molecule has 4 aliphatic rings. The minimum atomic E-state index is -2.56. The number of halogens is 1. The van der Waals surface area contributed by atoms with Crippen molar-refractivity contribution in [2.45, 2.75) is 147 Å². The number of benzene rings is 2. The van der Waals surface area contributed by atoms with Crippen molar-refractivity contribution >= 4 is 47.7 Å². The lowest BCUT2D eigenvalue weighted by Crippen LogP contribution is -2.81. The molecule has 2 aromatic rings. The number of Topliss-reactive ketones (excluding diaryl/α,β-unsaturated/α-hetero) is 1. The second kappa shape index (κ2) is 21.3. The number of ketones is 1. The molecule has 3 fully saturated rings. The highest BCUT2D eigenvalue weighted by Crippen LogP contribution is 2.64. The maximum absolute atomic E-state index is 15.2. The predicted octanol–water partition coefficient (Wildman–Crippen LogP) is 2.77. The van der Waals surface area contributed by atoms with Crippen LogP contribution >= 0.6 is 0 Å². The summed E-state index contributed by atoms with van der Waals surface area (Å²) < 4.78 is 60.2. The van der Waals surface area contributed by atoms with Gasteiger partial charge >= 0.3 is 41.9 Å². The molecule has 2 bridgehead atoms. The lowest BCUT2D eigenvalue weighted by atomic mass is 9.44. The highest BCUT2D eigenvalue weighted by molar-refractivity contribution is 5.94. The summed E-state index contributed by atoms with van der Waals surface area (Å²) in [6.07, 6.45) is -13.9. The van der Waals surface area contributed by atoms with Crippen LogP contribution in [0, 0.1) is 22.6 Å². The molecule has 22 heteroatoms. The molecule has 3 aliphatic carbocycles. The number of carbonyl (C=O) groups excluding carboxylic acids is 8. The molecule has 6 rings (SSSR count). The Morgan fingerprint density at radius 1 is 0.945 bits per heavy atom. The number of carbonyl (C=O) groups is 8. The van der Waals surface area contributed by atoms with Crippen LogP contribution in [-0.4, -0.2) is 142 Å². The number of aliphatic hydroxyl groups is 3. The molecule has 6 N–H and O–H groups in total. The third kappa shape index (κ3) is 11.0. The molecule has 398 valence electrons. The third-order valence-electron chi connectivity index (χ3n) is 14.2. The number of aliphatic hydroxyl groups excluding tert-OH is 2. The Hall–Kier alpha value is -6.33. The van der Waals surface area contributed by atoms with Gasteiger partial charge in [-0.1, -0.05) is 44.2 Å². The molecule has 0 unspecified atom stereocenters. The van der Waals surface area contributed by atoms with Crippen LogP contribution in [0.2, 0.25) is 0 Å². The predicted molar refractivity (Wildman–Crippen MR) is 248 cm³/mol. The number of rotatable bonds is 15. The van der Waals surface area contributed by atoms with Gasteiger partial charge in [0.05, 0.1) is 42.6 Å². The van der Waals surface area contributed by atoms with Crippen molar-refractivity contribution in [3.63, 3.8) is 0 Å². The topological polar surface area (TPSA) is 309 Å². The molecule has 1 heterocycles. The van der Waals surface area contributed by atoms with E-state index in [2.05, 4.69) is 5.32 Å². The monoisotopic (exact) mass is 1030 g/mol. The summed E-state index contributed by atoms with van der Waals surface area (Å²) in [6.45, 7) is 11.2. The van der Waals surface area contributed by atoms with E-state index < -0.39 is 162 Å². The quantitative estimate of drug-likeness (QED) is 0.0973. The normalized spacial score (nSPS) is 29.4. The van der Waals surface area contributed by atoms with Crippen LogP contribution in [0.1, 0.15) is 104 Å². The van der Waals surface area contributed by atoms with Crippen LogP contribution in [0.15, 0.2) is 65.7 Å². The fraction of sp³-hybridized carbons (Fsp3) is 0.569. The van der Waals surface area contributed by atoms with E-state index in [9.17, 15) is 44.1 Å². The number of nitrogens with one attached hydrogen (secondary N) is 1. The van der Waals surface area contributed by atoms with Crippen LogP contribution in [0.4, 0.5) is 9.18 Å². The number of esters is 6. The van der Waals surface area contributed by atoms with Crippen LogP contribution in [0.5, 0.6) is 0 Å². The fourth-order valence-electron chi connectivity index (χ4n) is 10.6. The lowest BCUT2D eigenvalue weighted by molar-refractivity contribution is -0.346. The number of alkyl carbamates (subject to hydrolysis) is 1. The van der Waals surface area contributed by atoms with Crippen molar-refractivity contribution in [2.24, 2.45) is 22.5 Å². The Kier molecular flexibility index (Phi) is 16.3. The largest absolute Gasteiger partial charge is 0.465 e. The van der Waals surface area contributed by atoms with E-state index >= 15 is 14.0 Å². The van der Waals surface area contributed by atoms with Crippen LogP contribution in [-0.2, 0) is 66.7 Å². The van der Waals surface area contributed by atoms with E-state index in [1.807, 2.05) is 0 Å². The molecule has 21 nitrogen and oxygen atoms in total. The molecule has 2 saturated carbocycles. The second-order valence-electron chi connectivity index (χ2n) is 20.4. The molecule has 0 spiro atoms. The van der Waals surface area contributed by atoms with E-state index in [-0.39, 0.29) is 35.3 Å². The van der Waals surface area contributed by atoms with Crippen molar-refractivity contribution in [2.75, 3.05) is 19.8 Å². The van der Waals surface area contributed by atoms with E-state index in [0.29, 0.717) is 0 Å². The Bertz CT molecular complexity index is 2530. The summed E-state index contributed by atoms with van der Waals surface area (Å²) >= 11 is 0. The van der Waals surface area contributed by atoms with Crippen LogP contribution in [0.3, 0.4) is 0 Å². The van der Waals surface area contributed by atoms with Gasteiger partial charge in [-0.05, 0) is 82.5 Å². The molecule has 0 radical (unpaired) electrons. The fourth-order valence-corrected chi connectivity index (χ4v) is 10.6. The standard InChI is InChI=1S/C51H63FN2O19/c1-10-66-44(62)30(53)20-34(57)67-23-35(58)70-39(37(28-17-14-18-29(52)19-28)54-46(64)73-47(4,5)6)45(63)69-31-22-51(65)42(71-43(61)27-15-12-11-13-16-27)40-49(9,41(60)38(59)36(25(31)2)48(51,7)8)32(56)21-33-50(40,24-68-33)72-26(3)55/h11-19,30-33,37-40,42,56,59,65H,10,20-24,53H2,1-9H3,(H,54,64)/t30-,31-,32-,33+,37-,38+,39+,40-,42-,49+,50-,51+/m0/s1. The smallest absolute Gasteiger partial charge is 0.408 e. The summed E-state index contributed by atoms with van der Waals surface area (Å²) in [5.41, 5.74) is -4.24. The van der Waals surface area contributed by atoms with Gasteiger partial charge in [-0.25, -0.2) is 23.6 Å². The first kappa shape index (κ1) is 56.0. The summed E-state index contributed by atoms with van der Waals surface area (Å²) in [4.78, 5) is 109. The van der Waals surface area contributed by atoms with E-state index in [0.717, 1.165) is 19.1 Å². The zero-order valence-electron chi connectivity index (χ0n) is 42.0. The van der Waals surface area contributed by atoms with E-state index in [1.165, 1.54) is 79.7 Å². The molecule has 1 aliphatic heterocycles. The van der Waals surface area contributed by atoms with Crippen molar-refractivity contribution < 1.29 is 96.0 Å².